The van der Waals surface area contributed by atoms with Crippen LogP contribution in [0, 0.1) is 5.82 Å². The topological polar surface area (TPSA) is 85.4 Å². The zero-order chi connectivity index (χ0) is 25.8. The van der Waals surface area contributed by atoms with Gasteiger partial charge in [0, 0.05) is 13.5 Å². The molecule has 3 aromatic heterocycles. The van der Waals surface area contributed by atoms with Crippen molar-refractivity contribution in [1.29, 1.82) is 0 Å². The first-order chi connectivity index (χ1) is 16.9. The molecule has 1 aliphatic heterocycles. The van der Waals surface area contributed by atoms with Crippen molar-refractivity contribution >= 4 is 22.5 Å². The summed E-state index contributed by atoms with van der Waals surface area (Å²) in [6.07, 6.45) is 1.24. The number of aromatic nitrogens is 6. The molecule has 1 N–H and O–H groups in total. The number of nitrogens with zero attached hydrogens (tertiary/aromatic N) is 7. The highest BCUT2D eigenvalue weighted by Gasteiger charge is 2.44. The molecule has 14 heteroatoms. The minimum Gasteiger partial charge on any atom is -0.479 e. The Balaban J connectivity index is 1.56. The number of likely N-dealkylation sites (tertiary alicyclic amines) is 1. The molecule has 1 aliphatic rings. The van der Waals surface area contributed by atoms with Gasteiger partial charge in [0.1, 0.15) is 17.6 Å². The molecule has 5 rings (SSSR count). The van der Waals surface area contributed by atoms with Crippen molar-refractivity contribution in [3.63, 3.8) is 0 Å². The van der Waals surface area contributed by atoms with Crippen molar-refractivity contribution in [1.82, 2.24) is 34.5 Å². The predicted molar refractivity (Wildman–Crippen MR) is 121 cm³/mol. The van der Waals surface area contributed by atoms with E-state index in [0.29, 0.717) is 17.6 Å². The van der Waals surface area contributed by atoms with Crippen LogP contribution in [0.5, 0.6) is 5.88 Å². The summed E-state index contributed by atoms with van der Waals surface area (Å²) in [5.41, 5.74) is 1.18. The second kappa shape index (κ2) is 8.54. The average Bonchev–Trinajstić information content (AvgIpc) is 3.33. The molecule has 0 saturated carbocycles. The lowest BCUT2D eigenvalue weighted by Gasteiger charge is -2.36. The molecule has 1 aromatic carbocycles. The summed E-state index contributed by atoms with van der Waals surface area (Å²) in [5, 5.41) is 14.5. The van der Waals surface area contributed by atoms with Gasteiger partial charge in [0.25, 0.3) is 11.8 Å². The number of anilines is 1. The van der Waals surface area contributed by atoms with Crippen LogP contribution in [-0.2, 0) is 6.54 Å². The van der Waals surface area contributed by atoms with Crippen LogP contribution in [-0.4, -0.2) is 79.6 Å². The van der Waals surface area contributed by atoms with Gasteiger partial charge in [-0.2, -0.15) is 4.98 Å². The number of ether oxygens (including phenoxy) is 1. The van der Waals surface area contributed by atoms with Gasteiger partial charge in [-0.15, -0.1) is 10.2 Å². The second-order valence-electron chi connectivity index (χ2n) is 9.10. The number of rotatable bonds is 6. The van der Waals surface area contributed by atoms with E-state index in [1.54, 1.807) is 13.1 Å². The van der Waals surface area contributed by atoms with Crippen LogP contribution in [0.1, 0.15) is 13.3 Å². The maximum Gasteiger partial charge on any atom is 0.280 e. The SMILES string of the molecule is COc1nc(N[C@@H]2CCN(C)CC2(F)F)nn2cc(F)c(-c3ccc4nnn(CC(C)(F)F)c4c3)c12. The first-order valence-corrected chi connectivity index (χ1v) is 11.1. The van der Waals surface area contributed by atoms with Crippen molar-refractivity contribution in [2.45, 2.75) is 37.8 Å². The summed E-state index contributed by atoms with van der Waals surface area (Å²) in [6.45, 7) is 0.118. The van der Waals surface area contributed by atoms with Gasteiger partial charge in [-0.05, 0) is 31.2 Å². The molecule has 0 spiro atoms. The summed E-state index contributed by atoms with van der Waals surface area (Å²) in [4.78, 5) is 5.75. The number of hydrogen-bond acceptors (Lipinski definition) is 7. The first-order valence-electron chi connectivity index (χ1n) is 11.1. The number of methoxy groups -OCH3 is 1. The Kier molecular flexibility index (Phi) is 5.73. The Bertz CT molecular complexity index is 1430. The van der Waals surface area contributed by atoms with Gasteiger partial charge in [0.05, 0.1) is 37.0 Å². The second-order valence-corrected chi connectivity index (χ2v) is 9.10. The molecule has 9 nitrogen and oxygen atoms in total. The van der Waals surface area contributed by atoms with Crippen LogP contribution in [0.15, 0.2) is 24.4 Å². The Morgan fingerprint density at radius 3 is 2.75 bits per heavy atom. The van der Waals surface area contributed by atoms with Gasteiger partial charge in [-0.25, -0.2) is 31.1 Å². The molecule has 0 amide bonds. The fourth-order valence-electron chi connectivity index (χ4n) is 4.44. The van der Waals surface area contributed by atoms with Gasteiger partial charge in [-0.1, -0.05) is 11.3 Å². The summed E-state index contributed by atoms with van der Waals surface area (Å²) in [7, 11) is 2.94. The minimum atomic E-state index is -3.03. The fraction of sp³-hybridized carbons (Fsp3) is 0.455. The van der Waals surface area contributed by atoms with Crippen LogP contribution in [0.3, 0.4) is 0 Å². The summed E-state index contributed by atoms with van der Waals surface area (Å²) < 4.78 is 79.0. The fourth-order valence-corrected chi connectivity index (χ4v) is 4.44. The number of piperidine rings is 1. The van der Waals surface area contributed by atoms with Gasteiger partial charge in [0.2, 0.25) is 11.8 Å². The quantitative estimate of drug-likeness (QED) is 0.396. The molecule has 0 aliphatic carbocycles. The molecule has 4 aromatic rings. The molecule has 192 valence electrons. The van der Waals surface area contributed by atoms with Gasteiger partial charge < -0.3 is 15.0 Å². The molecule has 1 fully saturated rings. The molecule has 1 atom stereocenters. The lowest BCUT2D eigenvalue weighted by molar-refractivity contribution is -0.0675. The third-order valence-corrected chi connectivity index (χ3v) is 6.07. The molecule has 0 radical (unpaired) electrons. The van der Waals surface area contributed by atoms with Gasteiger partial charge >= 0.3 is 0 Å². The summed E-state index contributed by atoms with van der Waals surface area (Å²) in [6, 6.07) is 3.39. The van der Waals surface area contributed by atoms with Crippen LogP contribution < -0.4 is 10.1 Å². The van der Waals surface area contributed by atoms with Crippen LogP contribution >= 0.6 is 0 Å². The lowest BCUT2D eigenvalue weighted by Crippen LogP contribution is -2.53. The zero-order valence-electron chi connectivity index (χ0n) is 19.6. The van der Waals surface area contributed by atoms with Crippen molar-refractivity contribution in [2.75, 3.05) is 32.6 Å². The van der Waals surface area contributed by atoms with Crippen molar-refractivity contribution in [3.05, 3.63) is 30.2 Å². The highest BCUT2D eigenvalue weighted by Crippen LogP contribution is 2.36. The number of alkyl halides is 4. The number of fused-ring (bicyclic) bond motifs is 2. The lowest BCUT2D eigenvalue weighted by atomic mass is 10.0. The minimum absolute atomic E-state index is 0.0468. The Hall–Kier alpha value is -3.55. The third kappa shape index (κ3) is 4.40. The molecule has 36 heavy (non-hydrogen) atoms. The van der Waals surface area contributed by atoms with E-state index in [0.717, 1.165) is 22.3 Å². The summed E-state index contributed by atoms with van der Waals surface area (Å²) in [5.74, 6) is -6.93. The highest BCUT2D eigenvalue weighted by molar-refractivity contribution is 5.89. The first kappa shape index (κ1) is 24.2. The average molecular weight is 510 g/mol. The normalized spacial score (nSPS) is 18.7. The van der Waals surface area contributed by atoms with Crippen molar-refractivity contribution in [3.8, 4) is 17.0 Å². The van der Waals surface area contributed by atoms with E-state index in [2.05, 4.69) is 25.7 Å². The molecule has 0 bridgehead atoms. The van der Waals surface area contributed by atoms with E-state index in [1.807, 2.05) is 0 Å². The zero-order valence-corrected chi connectivity index (χ0v) is 19.6. The van der Waals surface area contributed by atoms with E-state index in [4.69, 9.17) is 4.74 Å². The van der Waals surface area contributed by atoms with Gasteiger partial charge in [0.15, 0.2) is 5.82 Å². The van der Waals surface area contributed by atoms with E-state index < -0.39 is 36.8 Å². The Morgan fingerprint density at radius 1 is 1.28 bits per heavy atom. The summed E-state index contributed by atoms with van der Waals surface area (Å²) >= 11 is 0. The van der Waals surface area contributed by atoms with Crippen molar-refractivity contribution < 1.29 is 26.7 Å². The molecule has 4 heterocycles. The van der Waals surface area contributed by atoms with E-state index in [9.17, 15) is 17.6 Å². The largest absolute Gasteiger partial charge is 0.479 e. The maximum atomic E-state index is 15.2. The standard InChI is InChI=1S/C22H23F5N8O/c1-21(24,25)10-35-15-8-12(4-5-14(15)30-32-35)17-13(23)9-34-18(17)19(36-3)29-20(31-34)28-16-6-7-33(2)11-22(16,26)27/h4-5,8-9,16H,6-7,10-11H2,1-3H3,(H,28,31)/t16-/m1/s1. The smallest absolute Gasteiger partial charge is 0.280 e. The number of nitrogens with one attached hydrogen (secondary N) is 1. The van der Waals surface area contributed by atoms with Crippen LogP contribution in [0.25, 0.3) is 27.7 Å². The maximum absolute atomic E-state index is 15.2. The van der Waals surface area contributed by atoms with Crippen LogP contribution in [0.2, 0.25) is 0 Å². The van der Waals surface area contributed by atoms with Gasteiger partial charge in [-0.3, -0.25) is 0 Å². The third-order valence-electron chi connectivity index (χ3n) is 6.07. The van der Waals surface area contributed by atoms with E-state index in [-0.39, 0.29) is 34.8 Å². The Labute approximate surface area is 201 Å². The highest BCUT2D eigenvalue weighted by atomic mass is 19.3. The number of hydrogen-bond donors (Lipinski definition) is 1. The monoisotopic (exact) mass is 510 g/mol. The van der Waals surface area contributed by atoms with E-state index >= 15 is 4.39 Å². The van der Waals surface area contributed by atoms with Crippen LogP contribution in [0.4, 0.5) is 27.9 Å². The number of halogens is 5. The van der Waals surface area contributed by atoms with Crippen molar-refractivity contribution in [2.24, 2.45) is 0 Å². The van der Waals surface area contributed by atoms with E-state index in [1.165, 1.54) is 24.1 Å². The molecular formula is C22H23F5N8O. The molecule has 1 saturated heterocycles. The Morgan fingerprint density at radius 2 is 2.06 bits per heavy atom. The molecule has 0 unspecified atom stereocenters. The number of benzene rings is 1. The predicted octanol–water partition coefficient (Wildman–Crippen LogP) is 3.70. The molecular weight excluding hydrogens is 487 g/mol.